The van der Waals surface area contributed by atoms with Crippen molar-refractivity contribution in [1.29, 1.82) is 0 Å². The summed E-state index contributed by atoms with van der Waals surface area (Å²) in [5.41, 5.74) is 7.10. The van der Waals surface area contributed by atoms with Gasteiger partial charge in [-0.1, -0.05) is 38.8 Å². The molecule has 1 fully saturated rings. The van der Waals surface area contributed by atoms with Crippen LogP contribution in [0.25, 0.3) is 0 Å². The molecular formula is C16H25FN2. The van der Waals surface area contributed by atoms with Crippen LogP contribution in [0.5, 0.6) is 0 Å². The lowest BCUT2D eigenvalue weighted by molar-refractivity contribution is 0.305. The van der Waals surface area contributed by atoms with E-state index >= 15 is 0 Å². The highest BCUT2D eigenvalue weighted by Crippen LogP contribution is 2.24. The highest BCUT2D eigenvalue weighted by Gasteiger charge is 2.26. The van der Waals surface area contributed by atoms with E-state index in [1.165, 1.54) is 18.9 Å². The molecule has 0 heterocycles. The molecule has 1 aliphatic carbocycles. The predicted molar refractivity (Wildman–Crippen MR) is 77.7 cm³/mol. The molecule has 19 heavy (non-hydrogen) atoms. The summed E-state index contributed by atoms with van der Waals surface area (Å²) < 4.78 is 13.3. The summed E-state index contributed by atoms with van der Waals surface area (Å²) in [4.78, 5) is 0. The van der Waals surface area contributed by atoms with Crippen molar-refractivity contribution in [2.45, 2.75) is 57.0 Å². The van der Waals surface area contributed by atoms with Gasteiger partial charge in [-0.15, -0.1) is 0 Å². The van der Waals surface area contributed by atoms with Gasteiger partial charge in [0.25, 0.3) is 0 Å². The maximum absolute atomic E-state index is 13.3. The highest BCUT2D eigenvalue weighted by atomic mass is 19.1. The standard InChI is InChI=1S/C16H25FN2/c1-16(2,12-6-5-7-13(17)10-12)11-19-15-9-4-3-8-14(15)18/h5-7,10,14-15,19H,3-4,8-9,11,18H2,1-2H3. The van der Waals surface area contributed by atoms with Gasteiger partial charge < -0.3 is 11.1 Å². The first-order valence-corrected chi connectivity index (χ1v) is 7.24. The number of halogens is 1. The van der Waals surface area contributed by atoms with Crippen LogP contribution in [0, 0.1) is 5.82 Å². The second-order valence-electron chi connectivity index (χ2n) is 6.33. The van der Waals surface area contributed by atoms with E-state index in [2.05, 4.69) is 19.2 Å². The third kappa shape index (κ3) is 3.77. The summed E-state index contributed by atoms with van der Waals surface area (Å²) in [7, 11) is 0. The second kappa shape index (κ2) is 6.02. The Kier molecular flexibility index (Phi) is 4.58. The van der Waals surface area contributed by atoms with Gasteiger partial charge in [-0.2, -0.15) is 0 Å². The highest BCUT2D eigenvalue weighted by molar-refractivity contribution is 5.25. The number of hydrogen-bond acceptors (Lipinski definition) is 2. The molecule has 2 atom stereocenters. The Morgan fingerprint density at radius 1 is 1.32 bits per heavy atom. The lowest BCUT2D eigenvalue weighted by Crippen LogP contribution is -2.50. The molecule has 3 N–H and O–H groups in total. The minimum atomic E-state index is -0.167. The van der Waals surface area contributed by atoms with Crippen molar-refractivity contribution in [1.82, 2.24) is 5.32 Å². The molecule has 0 bridgehead atoms. The third-order valence-corrected chi connectivity index (χ3v) is 4.23. The average Bonchev–Trinajstić information content (AvgIpc) is 2.38. The topological polar surface area (TPSA) is 38.0 Å². The Morgan fingerprint density at radius 2 is 2.05 bits per heavy atom. The predicted octanol–water partition coefficient (Wildman–Crippen LogP) is 2.96. The summed E-state index contributed by atoms with van der Waals surface area (Å²) >= 11 is 0. The first-order chi connectivity index (χ1) is 8.99. The number of nitrogens with one attached hydrogen (secondary N) is 1. The molecule has 0 aliphatic heterocycles. The zero-order valence-electron chi connectivity index (χ0n) is 12.0. The van der Waals surface area contributed by atoms with Crippen LogP contribution in [0.2, 0.25) is 0 Å². The molecule has 106 valence electrons. The molecule has 1 saturated carbocycles. The van der Waals surface area contributed by atoms with Gasteiger partial charge in [0.1, 0.15) is 5.82 Å². The smallest absolute Gasteiger partial charge is 0.123 e. The molecule has 2 nitrogen and oxygen atoms in total. The Hall–Kier alpha value is -0.930. The van der Waals surface area contributed by atoms with Crippen LogP contribution in [0.3, 0.4) is 0 Å². The minimum absolute atomic E-state index is 0.0841. The van der Waals surface area contributed by atoms with Gasteiger partial charge >= 0.3 is 0 Å². The number of benzene rings is 1. The van der Waals surface area contributed by atoms with Gasteiger partial charge in [-0.25, -0.2) is 4.39 Å². The van der Waals surface area contributed by atoms with Crippen LogP contribution in [-0.4, -0.2) is 18.6 Å². The second-order valence-corrected chi connectivity index (χ2v) is 6.33. The van der Waals surface area contributed by atoms with Gasteiger partial charge in [0.2, 0.25) is 0 Å². The Labute approximate surface area is 115 Å². The van der Waals surface area contributed by atoms with Gasteiger partial charge in [-0.3, -0.25) is 0 Å². The molecule has 0 aromatic heterocycles. The van der Waals surface area contributed by atoms with Crippen LogP contribution in [0.15, 0.2) is 24.3 Å². The van der Waals surface area contributed by atoms with Crippen molar-refractivity contribution in [2.75, 3.05) is 6.54 Å². The van der Waals surface area contributed by atoms with Crippen molar-refractivity contribution in [3.8, 4) is 0 Å². The van der Waals surface area contributed by atoms with Crippen molar-refractivity contribution < 1.29 is 4.39 Å². The SMILES string of the molecule is CC(C)(CNC1CCCCC1N)c1cccc(F)c1. The lowest BCUT2D eigenvalue weighted by atomic mass is 9.83. The van der Waals surface area contributed by atoms with Crippen LogP contribution in [0.4, 0.5) is 4.39 Å². The van der Waals surface area contributed by atoms with Crippen molar-refractivity contribution in [3.05, 3.63) is 35.6 Å². The van der Waals surface area contributed by atoms with Gasteiger partial charge in [0.15, 0.2) is 0 Å². The molecule has 0 radical (unpaired) electrons. The number of rotatable bonds is 4. The monoisotopic (exact) mass is 264 g/mol. The molecule has 0 amide bonds. The average molecular weight is 264 g/mol. The molecular weight excluding hydrogens is 239 g/mol. The molecule has 1 aliphatic rings. The summed E-state index contributed by atoms with van der Waals surface area (Å²) in [6.07, 6.45) is 4.76. The van der Waals surface area contributed by atoms with Crippen LogP contribution >= 0.6 is 0 Å². The van der Waals surface area contributed by atoms with Crippen molar-refractivity contribution >= 4 is 0 Å². The zero-order chi connectivity index (χ0) is 13.9. The Bertz CT molecular complexity index is 417. The lowest BCUT2D eigenvalue weighted by Gasteiger charge is -2.34. The van der Waals surface area contributed by atoms with Crippen LogP contribution < -0.4 is 11.1 Å². The maximum atomic E-state index is 13.3. The van der Waals surface area contributed by atoms with Gasteiger partial charge in [-0.05, 0) is 30.5 Å². The van der Waals surface area contributed by atoms with E-state index in [9.17, 15) is 4.39 Å². The summed E-state index contributed by atoms with van der Waals surface area (Å²) in [5, 5.41) is 3.58. The van der Waals surface area contributed by atoms with Crippen LogP contribution in [-0.2, 0) is 5.41 Å². The van der Waals surface area contributed by atoms with E-state index in [4.69, 9.17) is 5.73 Å². The number of nitrogens with two attached hydrogens (primary N) is 1. The van der Waals surface area contributed by atoms with E-state index in [-0.39, 0.29) is 17.3 Å². The zero-order valence-corrected chi connectivity index (χ0v) is 12.0. The molecule has 2 rings (SSSR count). The fraction of sp³-hybridized carbons (Fsp3) is 0.625. The molecule has 2 unspecified atom stereocenters. The fourth-order valence-electron chi connectivity index (χ4n) is 2.81. The number of hydrogen-bond donors (Lipinski definition) is 2. The Balaban J connectivity index is 1.97. The maximum Gasteiger partial charge on any atom is 0.123 e. The molecule has 0 saturated heterocycles. The van der Waals surface area contributed by atoms with E-state index < -0.39 is 0 Å². The summed E-state index contributed by atoms with van der Waals surface area (Å²) in [6, 6.07) is 7.55. The van der Waals surface area contributed by atoms with E-state index in [0.29, 0.717) is 6.04 Å². The van der Waals surface area contributed by atoms with E-state index in [1.807, 2.05) is 6.07 Å². The van der Waals surface area contributed by atoms with Crippen molar-refractivity contribution in [2.24, 2.45) is 5.73 Å². The van der Waals surface area contributed by atoms with Crippen LogP contribution in [0.1, 0.15) is 45.1 Å². The third-order valence-electron chi connectivity index (χ3n) is 4.23. The largest absolute Gasteiger partial charge is 0.326 e. The first kappa shape index (κ1) is 14.5. The first-order valence-electron chi connectivity index (χ1n) is 7.24. The quantitative estimate of drug-likeness (QED) is 0.877. The molecule has 3 heteroatoms. The normalized spacial score (nSPS) is 24.4. The Morgan fingerprint density at radius 3 is 2.74 bits per heavy atom. The molecule has 0 spiro atoms. The van der Waals surface area contributed by atoms with Crippen molar-refractivity contribution in [3.63, 3.8) is 0 Å². The van der Waals surface area contributed by atoms with Gasteiger partial charge in [0.05, 0.1) is 0 Å². The fourth-order valence-corrected chi connectivity index (χ4v) is 2.81. The van der Waals surface area contributed by atoms with E-state index in [1.54, 1.807) is 12.1 Å². The summed E-state index contributed by atoms with van der Waals surface area (Å²) in [6.45, 7) is 5.11. The van der Waals surface area contributed by atoms with E-state index in [0.717, 1.165) is 24.9 Å². The molecule has 1 aromatic carbocycles. The summed E-state index contributed by atoms with van der Waals surface area (Å²) in [5.74, 6) is -0.167. The molecule has 1 aromatic rings. The minimum Gasteiger partial charge on any atom is -0.326 e. The van der Waals surface area contributed by atoms with Gasteiger partial charge in [0, 0.05) is 24.0 Å².